The predicted octanol–water partition coefficient (Wildman–Crippen LogP) is 3.03. The van der Waals surface area contributed by atoms with Crippen molar-refractivity contribution in [2.45, 2.75) is 19.9 Å². The third-order valence-electron chi connectivity index (χ3n) is 5.20. The van der Waals surface area contributed by atoms with Crippen LogP contribution in [0.2, 0.25) is 0 Å². The van der Waals surface area contributed by atoms with E-state index in [1.54, 1.807) is 49.4 Å². The summed E-state index contributed by atoms with van der Waals surface area (Å²) in [5.74, 6) is -1.12. The smallest absolute Gasteiger partial charge is 0.338 e. The van der Waals surface area contributed by atoms with E-state index in [2.05, 4.69) is 11.6 Å². The fraction of sp³-hybridized carbons (Fsp3) is 0.154. The molecule has 2 heterocycles. The van der Waals surface area contributed by atoms with Crippen LogP contribution in [0.4, 0.5) is 4.39 Å². The minimum absolute atomic E-state index is 0.00269. The number of benzene rings is 2. The van der Waals surface area contributed by atoms with E-state index in [-0.39, 0.29) is 23.6 Å². The zero-order chi connectivity index (χ0) is 25.1. The quantitative estimate of drug-likeness (QED) is 0.300. The highest BCUT2D eigenvalue weighted by molar-refractivity contribution is 7.07. The van der Waals surface area contributed by atoms with Gasteiger partial charge in [-0.1, -0.05) is 48.3 Å². The summed E-state index contributed by atoms with van der Waals surface area (Å²) in [7, 11) is 0. The lowest BCUT2D eigenvalue weighted by Crippen LogP contribution is -2.39. The Balaban J connectivity index is 1.88. The number of rotatable bonds is 6. The fourth-order valence-electron chi connectivity index (χ4n) is 3.70. The van der Waals surface area contributed by atoms with E-state index in [4.69, 9.17) is 9.47 Å². The van der Waals surface area contributed by atoms with Gasteiger partial charge in [-0.2, -0.15) is 0 Å². The van der Waals surface area contributed by atoms with Gasteiger partial charge >= 0.3 is 11.9 Å². The Morgan fingerprint density at radius 1 is 1.17 bits per heavy atom. The highest BCUT2D eigenvalue weighted by atomic mass is 32.1. The molecular formula is C26H21FN2O5S. The molecule has 3 aromatic rings. The molecule has 35 heavy (non-hydrogen) atoms. The van der Waals surface area contributed by atoms with E-state index in [0.717, 1.165) is 0 Å². The summed E-state index contributed by atoms with van der Waals surface area (Å²) in [5, 5.41) is 0. The number of aromatic nitrogens is 1. The molecular weight excluding hydrogens is 471 g/mol. The second-order valence-electron chi connectivity index (χ2n) is 7.68. The van der Waals surface area contributed by atoms with Gasteiger partial charge in [0.2, 0.25) is 0 Å². The molecule has 0 fully saturated rings. The van der Waals surface area contributed by atoms with Gasteiger partial charge in [-0.25, -0.2) is 14.2 Å². The zero-order valence-corrected chi connectivity index (χ0v) is 19.8. The Labute approximate surface area is 203 Å². The van der Waals surface area contributed by atoms with E-state index in [1.165, 1.54) is 41.0 Å². The minimum Gasteiger partial charge on any atom is -0.458 e. The van der Waals surface area contributed by atoms with Crippen molar-refractivity contribution in [2.75, 3.05) is 6.61 Å². The molecule has 1 aliphatic heterocycles. The molecule has 1 aliphatic rings. The number of nitrogens with zero attached hydrogens (tertiary/aromatic N) is 2. The minimum atomic E-state index is -0.815. The van der Waals surface area contributed by atoms with Crippen LogP contribution in [-0.2, 0) is 14.3 Å². The Kier molecular flexibility index (Phi) is 6.88. The van der Waals surface area contributed by atoms with Crippen molar-refractivity contribution in [3.63, 3.8) is 0 Å². The summed E-state index contributed by atoms with van der Waals surface area (Å²) in [4.78, 5) is 42.7. The molecule has 4 rings (SSSR count). The number of thiazole rings is 1. The summed E-state index contributed by atoms with van der Waals surface area (Å²) in [5.41, 5.74) is 1.54. The zero-order valence-electron chi connectivity index (χ0n) is 19.0. The van der Waals surface area contributed by atoms with Crippen LogP contribution in [0.3, 0.4) is 0 Å². The van der Waals surface area contributed by atoms with Crippen molar-refractivity contribution in [1.82, 2.24) is 4.57 Å². The van der Waals surface area contributed by atoms with Gasteiger partial charge in [0.15, 0.2) is 4.80 Å². The largest absolute Gasteiger partial charge is 0.458 e. The van der Waals surface area contributed by atoms with Gasteiger partial charge in [-0.15, -0.1) is 0 Å². The van der Waals surface area contributed by atoms with Crippen molar-refractivity contribution < 1.29 is 23.5 Å². The maximum absolute atomic E-state index is 13.5. The molecule has 0 radical (unpaired) electrons. The van der Waals surface area contributed by atoms with Crippen LogP contribution < -0.4 is 19.6 Å². The van der Waals surface area contributed by atoms with Crippen LogP contribution >= 0.6 is 11.3 Å². The van der Waals surface area contributed by atoms with Crippen LogP contribution in [0, 0.1) is 5.82 Å². The molecule has 1 aromatic heterocycles. The summed E-state index contributed by atoms with van der Waals surface area (Å²) in [6, 6.07) is 11.5. The lowest BCUT2D eigenvalue weighted by molar-refractivity contribution is -0.138. The van der Waals surface area contributed by atoms with Crippen LogP contribution in [0.1, 0.15) is 31.0 Å². The Hall–Kier alpha value is -4.11. The fourth-order valence-corrected chi connectivity index (χ4v) is 4.75. The van der Waals surface area contributed by atoms with Crippen LogP contribution in [0.15, 0.2) is 82.2 Å². The maximum Gasteiger partial charge on any atom is 0.338 e. The van der Waals surface area contributed by atoms with E-state index in [1.807, 2.05) is 0 Å². The molecule has 9 heteroatoms. The monoisotopic (exact) mass is 492 g/mol. The normalized spacial score (nSPS) is 15.3. The van der Waals surface area contributed by atoms with Crippen LogP contribution in [0.25, 0.3) is 6.08 Å². The molecule has 0 aliphatic carbocycles. The molecule has 178 valence electrons. The Morgan fingerprint density at radius 3 is 2.49 bits per heavy atom. The molecule has 0 amide bonds. The third-order valence-corrected chi connectivity index (χ3v) is 6.18. The Morgan fingerprint density at radius 2 is 1.86 bits per heavy atom. The first-order valence-electron chi connectivity index (χ1n) is 10.6. The first-order valence-corrected chi connectivity index (χ1v) is 11.4. The van der Waals surface area contributed by atoms with Gasteiger partial charge in [0.1, 0.15) is 18.2 Å². The molecule has 1 unspecified atom stereocenters. The predicted molar refractivity (Wildman–Crippen MR) is 129 cm³/mol. The molecule has 2 aromatic carbocycles. The average Bonchev–Trinajstić information content (AvgIpc) is 3.12. The van der Waals surface area contributed by atoms with Crippen molar-refractivity contribution >= 4 is 29.4 Å². The van der Waals surface area contributed by atoms with Gasteiger partial charge in [0, 0.05) is 6.92 Å². The average molecular weight is 493 g/mol. The van der Waals surface area contributed by atoms with E-state index in [9.17, 15) is 18.8 Å². The van der Waals surface area contributed by atoms with Gasteiger partial charge in [0.05, 0.1) is 21.8 Å². The summed E-state index contributed by atoms with van der Waals surface area (Å²) in [6.45, 7) is 6.55. The maximum atomic E-state index is 13.5. The van der Waals surface area contributed by atoms with Gasteiger partial charge < -0.3 is 9.47 Å². The second kappa shape index (κ2) is 10.0. The standard InChI is InChI=1S/C26H21FN2O5S/c1-4-13-33-25(32)22-15(2)28-26-29(23(22)18-7-11-20(12-8-18)34-16(3)30)24(31)21(35-26)14-17-5-9-19(27)10-6-17/h4-12,14,23H,1,13H2,2-3H3/b21-14+. The van der Waals surface area contributed by atoms with Gasteiger partial charge in [-0.3, -0.25) is 14.2 Å². The molecule has 0 saturated carbocycles. The second-order valence-corrected chi connectivity index (χ2v) is 8.69. The highest BCUT2D eigenvalue weighted by Gasteiger charge is 2.33. The number of carbonyl (C=O) groups excluding carboxylic acids is 2. The number of esters is 2. The molecule has 7 nitrogen and oxygen atoms in total. The number of carbonyl (C=O) groups is 2. The summed E-state index contributed by atoms with van der Waals surface area (Å²) < 4.78 is 25.5. The number of allylic oxidation sites excluding steroid dienone is 1. The lowest BCUT2D eigenvalue weighted by Gasteiger charge is -2.24. The number of fused-ring (bicyclic) bond motifs is 1. The third kappa shape index (κ3) is 5.04. The van der Waals surface area contributed by atoms with E-state index < -0.39 is 18.0 Å². The SMILES string of the molecule is C=CCOC(=O)C1=C(C)N=c2s/c(=C/c3ccc(F)cc3)c(=O)n2C1c1ccc(OC(C)=O)cc1. The number of ether oxygens (including phenoxy) is 2. The molecule has 0 bridgehead atoms. The number of hydrogen-bond donors (Lipinski definition) is 0. The van der Waals surface area contributed by atoms with E-state index >= 15 is 0 Å². The first-order chi connectivity index (χ1) is 16.8. The molecule has 1 atom stereocenters. The molecule has 0 N–H and O–H groups in total. The number of hydrogen-bond acceptors (Lipinski definition) is 7. The van der Waals surface area contributed by atoms with Crippen molar-refractivity contribution in [1.29, 1.82) is 0 Å². The van der Waals surface area contributed by atoms with Crippen molar-refractivity contribution in [2.24, 2.45) is 4.99 Å². The van der Waals surface area contributed by atoms with Gasteiger partial charge in [-0.05, 0) is 48.4 Å². The first kappa shape index (κ1) is 24.0. The molecule has 0 saturated heterocycles. The number of halogens is 1. The summed E-state index contributed by atoms with van der Waals surface area (Å²) in [6.07, 6.45) is 3.10. The van der Waals surface area contributed by atoms with Crippen molar-refractivity contribution in [3.05, 3.63) is 109 Å². The highest BCUT2D eigenvalue weighted by Crippen LogP contribution is 2.31. The topological polar surface area (TPSA) is 87.0 Å². The van der Waals surface area contributed by atoms with Crippen LogP contribution in [-0.4, -0.2) is 23.1 Å². The Bertz CT molecular complexity index is 1520. The van der Waals surface area contributed by atoms with E-state index in [0.29, 0.717) is 31.9 Å². The van der Waals surface area contributed by atoms with Gasteiger partial charge in [0.25, 0.3) is 5.56 Å². The summed E-state index contributed by atoms with van der Waals surface area (Å²) >= 11 is 1.17. The molecule has 0 spiro atoms. The lowest BCUT2D eigenvalue weighted by atomic mass is 9.96. The van der Waals surface area contributed by atoms with Crippen LogP contribution in [0.5, 0.6) is 5.75 Å². The van der Waals surface area contributed by atoms with Crippen molar-refractivity contribution in [3.8, 4) is 5.75 Å².